The van der Waals surface area contributed by atoms with Crippen molar-refractivity contribution in [1.29, 1.82) is 0 Å². The summed E-state index contributed by atoms with van der Waals surface area (Å²) in [5.74, 6) is 3.01. The van der Waals surface area contributed by atoms with E-state index in [1.807, 2.05) is 34.9 Å². The number of rotatable bonds is 5. The number of nitrogens with zero attached hydrogens (tertiary/aromatic N) is 1. The molecule has 0 radical (unpaired) electrons. The number of thioether (sulfide) groups is 1. The van der Waals surface area contributed by atoms with E-state index in [1.54, 1.807) is 6.07 Å². The van der Waals surface area contributed by atoms with Gasteiger partial charge in [-0.05, 0) is 56.0 Å². The molecule has 3 rings (SSSR count). The summed E-state index contributed by atoms with van der Waals surface area (Å²) < 4.78 is 0. The van der Waals surface area contributed by atoms with Gasteiger partial charge < -0.3 is 15.5 Å². The van der Waals surface area contributed by atoms with Crippen molar-refractivity contribution in [3.63, 3.8) is 0 Å². The molecule has 0 aromatic heterocycles. The smallest absolute Gasteiger partial charge is 0.253 e. The number of hydrogen-bond donors (Lipinski definition) is 2. The number of benzene rings is 1. The Morgan fingerprint density at radius 2 is 2.15 bits per heavy atom. The molecular formula is C20H29N3O2S. The van der Waals surface area contributed by atoms with Crippen molar-refractivity contribution in [1.82, 2.24) is 10.2 Å². The highest BCUT2D eigenvalue weighted by atomic mass is 32.2. The fourth-order valence-corrected chi connectivity index (χ4v) is 4.62. The Balaban J connectivity index is 1.55. The largest absolute Gasteiger partial charge is 0.337 e. The van der Waals surface area contributed by atoms with Crippen LogP contribution in [0.1, 0.15) is 36.5 Å². The van der Waals surface area contributed by atoms with E-state index in [0.29, 0.717) is 29.5 Å². The zero-order valence-corrected chi connectivity index (χ0v) is 16.3. The molecule has 6 heteroatoms. The predicted molar refractivity (Wildman–Crippen MR) is 108 cm³/mol. The molecule has 2 unspecified atom stereocenters. The molecule has 5 nitrogen and oxygen atoms in total. The Morgan fingerprint density at radius 1 is 1.35 bits per heavy atom. The number of amides is 2. The van der Waals surface area contributed by atoms with E-state index in [4.69, 9.17) is 0 Å². The van der Waals surface area contributed by atoms with Crippen LogP contribution in [-0.4, -0.2) is 54.4 Å². The Morgan fingerprint density at radius 3 is 2.88 bits per heavy atom. The standard InChI is InChI=1S/C20H29N3O2S/c1-15(17-5-3-7-21-14-17)12-19(24)22-18-6-2-4-16(13-18)20(25)23-8-10-26-11-9-23/h2,4,6,13,15,17,21H,3,5,7-12,14H2,1H3,(H,22,24). The van der Waals surface area contributed by atoms with Gasteiger partial charge in [0.15, 0.2) is 0 Å². The fourth-order valence-electron chi connectivity index (χ4n) is 3.71. The molecule has 2 fully saturated rings. The monoisotopic (exact) mass is 375 g/mol. The van der Waals surface area contributed by atoms with Crippen LogP contribution in [0.25, 0.3) is 0 Å². The van der Waals surface area contributed by atoms with E-state index in [2.05, 4.69) is 17.6 Å². The van der Waals surface area contributed by atoms with Crippen molar-refractivity contribution in [3.05, 3.63) is 29.8 Å². The van der Waals surface area contributed by atoms with Gasteiger partial charge in [0.1, 0.15) is 0 Å². The molecular weight excluding hydrogens is 346 g/mol. The van der Waals surface area contributed by atoms with E-state index in [9.17, 15) is 9.59 Å². The van der Waals surface area contributed by atoms with Crippen LogP contribution in [0.4, 0.5) is 5.69 Å². The molecule has 1 aromatic carbocycles. The molecule has 2 aliphatic rings. The van der Waals surface area contributed by atoms with Gasteiger partial charge >= 0.3 is 0 Å². The molecule has 2 N–H and O–H groups in total. The number of nitrogens with one attached hydrogen (secondary N) is 2. The van der Waals surface area contributed by atoms with E-state index in [0.717, 1.165) is 37.7 Å². The van der Waals surface area contributed by atoms with Crippen molar-refractivity contribution in [3.8, 4) is 0 Å². The highest BCUT2D eigenvalue weighted by molar-refractivity contribution is 7.99. The first-order valence-electron chi connectivity index (χ1n) is 9.61. The van der Waals surface area contributed by atoms with Crippen molar-refractivity contribution >= 4 is 29.3 Å². The lowest BCUT2D eigenvalue weighted by molar-refractivity contribution is -0.117. The quantitative estimate of drug-likeness (QED) is 0.831. The normalized spacial score (nSPS) is 21.9. The Bertz CT molecular complexity index is 625. The maximum Gasteiger partial charge on any atom is 0.253 e. The summed E-state index contributed by atoms with van der Waals surface area (Å²) >= 11 is 1.88. The van der Waals surface area contributed by atoms with Crippen LogP contribution in [0.5, 0.6) is 0 Å². The summed E-state index contributed by atoms with van der Waals surface area (Å²) in [6.07, 6.45) is 2.91. The van der Waals surface area contributed by atoms with Crippen LogP contribution < -0.4 is 10.6 Å². The van der Waals surface area contributed by atoms with E-state index >= 15 is 0 Å². The summed E-state index contributed by atoms with van der Waals surface area (Å²) in [5, 5.41) is 6.39. The zero-order valence-electron chi connectivity index (χ0n) is 15.5. The number of hydrogen-bond acceptors (Lipinski definition) is 4. The molecule has 0 aliphatic carbocycles. The molecule has 26 heavy (non-hydrogen) atoms. The first kappa shape index (κ1) is 19.2. The van der Waals surface area contributed by atoms with Gasteiger partial charge in [0.2, 0.25) is 5.91 Å². The van der Waals surface area contributed by atoms with Gasteiger partial charge in [-0.2, -0.15) is 11.8 Å². The van der Waals surface area contributed by atoms with Crippen molar-refractivity contribution in [2.45, 2.75) is 26.2 Å². The first-order valence-corrected chi connectivity index (χ1v) is 10.8. The van der Waals surface area contributed by atoms with E-state index < -0.39 is 0 Å². The van der Waals surface area contributed by atoms with E-state index in [1.165, 1.54) is 12.8 Å². The third kappa shape index (κ3) is 5.24. The Labute approximate surface area is 160 Å². The fraction of sp³-hybridized carbons (Fsp3) is 0.600. The number of anilines is 1. The van der Waals surface area contributed by atoms with Crippen LogP contribution >= 0.6 is 11.8 Å². The molecule has 142 valence electrons. The molecule has 1 aromatic rings. The molecule has 2 amide bonds. The third-order valence-corrected chi connectivity index (χ3v) is 6.28. The van der Waals surface area contributed by atoms with Crippen LogP contribution in [0.2, 0.25) is 0 Å². The highest BCUT2D eigenvalue weighted by Crippen LogP contribution is 2.23. The zero-order chi connectivity index (χ0) is 18.4. The minimum atomic E-state index is 0.0297. The second-order valence-electron chi connectivity index (χ2n) is 7.32. The Hall–Kier alpha value is -1.53. The lowest BCUT2D eigenvalue weighted by Gasteiger charge is -2.28. The minimum Gasteiger partial charge on any atom is -0.337 e. The van der Waals surface area contributed by atoms with Gasteiger partial charge in [0.25, 0.3) is 5.91 Å². The summed E-state index contributed by atoms with van der Waals surface area (Å²) in [5.41, 5.74) is 1.36. The van der Waals surface area contributed by atoms with Gasteiger partial charge in [-0.25, -0.2) is 0 Å². The average Bonchev–Trinajstić information content (AvgIpc) is 2.69. The van der Waals surface area contributed by atoms with Crippen molar-refractivity contribution in [2.24, 2.45) is 11.8 Å². The lowest BCUT2D eigenvalue weighted by Crippen LogP contribution is -2.37. The SMILES string of the molecule is CC(CC(=O)Nc1cccc(C(=O)N2CCSCC2)c1)C1CCCNC1. The number of carbonyl (C=O) groups excluding carboxylic acids is 2. The van der Waals surface area contributed by atoms with Gasteiger partial charge in [0, 0.05) is 42.3 Å². The summed E-state index contributed by atoms with van der Waals surface area (Å²) in [6.45, 7) is 5.85. The number of carbonyl (C=O) groups is 2. The maximum absolute atomic E-state index is 12.6. The highest BCUT2D eigenvalue weighted by Gasteiger charge is 2.22. The lowest BCUT2D eigenvalue weighted by atomic mass is 9.85. The summed E-state index contributed by atoms with van der Waals surface area (Å²) in [6, 6.07) is 7.33. The second-order valence-corrected chi connectivity index (χ2v) is 8.55. The molecule has 2 aliphatic heterocycles. The van der Waals surface area contributed by atoms with Gasteiger partial charge in [-0.15, -0.1) is 0 Å². The van der Waals surface area contributed by atoms with Crippen LogP contribution in [0.15, 0.2) is 24.3 Å². The third-order valence-electron chi connectivity index (χ3n) is 5.34. The van der Waals surface area contributed by atoms with Crippen LogP contribution in [0.3, 0.4) is 0 Å². The van der Waals surface area contributed by atoms with E-state index in [-0.39, 0.29) is 11.8 Å². The molecule has 0 bridgehead atoms. The second kappa shape index (κ2) is 9.42. The summed E-state index contributed by atoms with van der Waals surface area (Å²) in [7, 11) is 0. The molecule has 2 saturated heterocycles. The minimum absolute atomic E-state index is 0.0297. The topological polar surface area (TPSA) is 61.4 Å². The maximum atomic E-state index is 12.6. The van der Waals surface area contributed by atoms with Gasteiger partial charge in [0.05, 0.1) is 0 Å². The number of piperidine rings is 1. The van der Waals surface area contributed by atoms with Gasteiger partial charge in [-0.3, -0.25) is 9.59 Å². The first-order chi connectivity index (χ1) is 12.6. The van der Waals surface area contributed by atoms with Crippen LogP contribution in [-0.2, 0) is 4.79 Å². The average molecular weight is 376 g/mol. The van der Waals surface area contributed by atoms with Crippen molar-refractivity contribution < 1.29 is 9.59 Å². The summed E-state index contributed by atoms with van der Waals surface area (Å²) in [4.78, 5) is 26.9. The Kier molecular flexibility index (Phi) is 6.97. The molecule has 0 saturated carbocycles. The molecule has 2 atom stereocenters. The van der Waals surface area contributed by atoms with Crippen molar-refractivity contribution in [2.75, 3.05) is 43.0 Å². The molecule has 0 spiro atoms. The predicted octanol–water partition coefficient (Wildman–Crippen LogP) is 2.84. The molecule has 2 heterocycles. The van der Waals surface area contributed by atoms with Crippen LogP contribution in [0, 0.1) is 11.8 Å². The van der Waals surface area contributed by atoms with Gasteiger partial charge in [-0.1, -0.05) is 13.0 Å².